The van der Waals surface area contributed by atoms with Crippen LogP contribution in [0.15, 0.2) is 66.1 Å². The molecule has 0 fully saturated rings. The van der Waals surface area contributed by atoms with Gasteiger partial charge >= 0.3 is 0 Å². The second kappa shape index (κ2) is 6.53. The highest BCUT2D eigenvalue weighted by atomic mass is 32.2. The molecule has 0 amide bonds. The third kappa shape index (κ3) is 3.40. The first-order chi connectivity index (χ1) is 10.7. The number of nitrogens with one attached hydrogen (secondary N) is 1. The molecule has 0 radical (unpaired) electrons. The molecule has 112 valence electrons. The predicted octanol–water partition coefficient (Wildman–Crippen LogP) is 2.62. The van der Waals surface area contributed by atoms with Crippen molar-refractivity contribution in [3.63, 3.8) is 0 Å². The fourth-order valence-corrected chi connectivity index (χ4v) is 2.60. The molecule has 3 aromatic rings. The summed E-state index contributed by atoms with van der Waals surface area (Å²) in [5.74, 6) is 0. The van der Waals surface area contributed by atoms with Crippen molar-refractivity contribution < 1.29 is 4.21 Å². The Morgan fingerprint density at radius 2 is 1.82 bits per heavy atom. The topological polar surface area (TPSA) is 59.8 Å². The van der Waals surface area contributed by atoms with Crippen molar-refractivity contribution in [3.05, 3.63) is 66.7 Å². The maximum Gasteiger partial charge on any atom is 0.138 e. The second-order valence-electron chi connectivity index (χ2n) is 4.84. The number of benzene rings is 2. The quantitative estimate of drug-likeness (QED) is 0.787. The maximum absolute atomic E-state index is 11.3. The average molecular weight is 312 g/mol. The Bertz CT molecular complexity index is 752. The lowest BCUT2D eigenvalue weighted by Crippen LogP contribution is -2.00. The first kappa shape index (κ1) is 14.5. The Labute approximate surface area is 131 Å². The van der Waals surface area contributed by atoms with Gasteiger partial charge in [-0.25, -0.2) is 9.67 Å². The van der Waals surface area contributed by atoms with Crippen LogP contribution in [0, 0.1) is 0 Å². The number of nitrogens with zero attached hydrogens (tertiary/aromatic N) is 3. The SMILES string of the molecule is C[S@@](=O)c1ccc(CNc2ccc(-n3cncn3)cc2)cc1. The first-order valence-electron chi connectivity index (χ1n) is 6.84. The minimum Gasteiger partial charge on any atom is -0.381 e. The first-order valence-corrected chi connectivity index (χ1v) is 8.39. The third-order valence-electron chi connectivity index (χ3n) is 3.30. The zero-order chi connectivity index (χ0) is 15.4. The van der Waals surface area contributed by atoms with Crippen LogP contribution in [-0.4, -0.2) is 25.2 Å². The normalized spacial score (nSPS) is 12.0. The molecule has 0 unspecified atom stereocenters. The highest BCUT2D eigenvalue weighted by Gasteiger charge is 2.00. The van der Waals surface area contributed by atoms with Gasteiger partial charge in [0, 0.05) is 34.2 Å². The Kier molecular flexibility index (Phi) is 4.29. The van der Waals surface area contributed by atoms with Crippen LogP contribution in [0.25, 0.3) is 5.69 Å². The van der Waals surface area contributed by atoms with Crippen LogP contribution in [0.5, 0.6) is 0 Å². The molecule has 0 saturated heterocycles. The van der Waals surface area contributed by atoms with Crippen LogP contribution >= 0.6 is 0 Å². The average Bonchev–Trinajstić information content (AvgIpc) is 3.08. The Balaban J connectivity index is 1.63. The summed E-state index contributed by atoms with van der Waals surface area (Å²) in [7, 11) is -0.928. The highest BCUT2D eigenvalue weighted by Crippen LogP contribution is 2.14. The van der Waals surface area contributed by atoms with E-state index in [0.717, 1.165) is 28.4 Å². The van der Waals surface area contributed by atoms with E-state index in [1.165, 1.54) is 6.33 Å². The van der Waals surface area contributed by atoms with E-state index >= 15 is 0 Å². The molecule has 0 aliphatic heterocycles. The van der Waals surface area contributed by atoms with Crippen LogP contribution in [0.2, 0.25) is 0 Å². The van der Waals surface area contributed by atoms with Gasteiger partial charge in [-0.05, 0) is 42.0 Å². The summed E-state index contributed by atoms with van der Waals surface area (Å²) in [5.41, 5.74) is 3.15. The minimum absolute atomic E-state index is 0.722. The number of anilines is 1. The summed E-state index contributed by atoms with van der Waals surface area (Å²) in [6.07, 6.45) is 4.87. The molecule has 1 aromatic heterocycles. The van der Waals surface area contributed by atoms with Gasteiger partial charge in [0.05, 0.1) is 5.69 Å². The molecule has 1 heterocycles. The van der Waals surface area contributed by atoms with Crippen molar-refractivity contribution in [1.82, 2.24) is 14.8 Å². The fraction of sp³-hybridized carbons (Fsp3) is 0.125. The smallest absolute Gasteiger partial charge is 0.138 e. The molecule has 1 N–H and O–H groups in total. The number of rotatable bonds is 5. The molecule has 22 heavy (non-hydrogen) atoms. The van der Waals surface area contributed by atoms with Crippen molar-refractivity contribution in [2.75, 3.05) is 11.6 Å². The zero-order valence-electron chi connectivity index (χ0n) is 12.1. The van der Waals surface area contributed by atoms with Crippen LogP contribution < -0.4 is 5.32 Å². The van der Waals surface area contributed by atoms with Crippen molar-refractivity contribution in [1.29, 1.82) is 0 Å². The molecule has 6 heteroatoms. The molecule has 0 aliphatic carbocycles. The Morgan fingerprint density at radius 1 is 1.09 bits per heavy atom. The van der Waals surface area contributed by atoms with E-state index in [0.29, 0.717) is 0 Å². The summed E-state index contributed by atoms with van der Waals surface area (Å²) in [5, 5.41) is 7.45. The summed E-state index contributed by atoms with van der Waals surface area (Å²) in [4.78, 5) is 4.78. The standard InChI is InChI=1S/C16H16N4OS/c1-22(21)16-8-2-13(3-9-16)10-18-14-4-6-15(7-5-14)20-12-17-11-19-20/h2-9,11-12,18H,10H2,1H3/t22-/m1/s1. The van der Waals surface area contributed by atoms with E-state index in [9.17, 15) is 4.21 Å². The van der Waals surface area contributed by atoms with E-state index in [4.69, 9.17) is 0 Å². The monoisotopic (exact) mass is 312 g/mol. The number of hydrogen-bond donors (Lipinski definition) is 1. The van der Waals surface area contributed by atoms with Crippen molar-refractivity contribution in [2.24, 2.45) is 0 Å². The molecule has 2 aromatic carbocycles. The van der Waals surface area contributed by atoms with Crippen LogP contribution in [0.1, 0.15) is 5.56 Å². The highest BCUT2D eigenvalue weighted by molar-refractivity contribution is 7.84. The second-order valence-corrected chi connectivity index (χ2v) is 6.22. The molecule has 5 nitrogen and oxygen atoms in total. The van der Waals surface area contributed by atoms with E-state index in [1.807, 2.05) is 48.5 Å². The van der Waals surface area contributed by atoms with Gasteiger partial charge in [-0.15, -0.1) is 0 Å². The molecule has 3 rings (SSSR count). The molecular weight excluding hydrogens is 296 g/mol. The van der Waals surface area contributed by atoms with E-state index in [-0.39, 0.29) is 0 Å². The largest absolute Gasteiger partial charge is 0.381 e. The maximum atomic E-state index is 11.3. The van der Waals surface area contributed by atoms with Gasteiger partial charge in [0.2, 0.25) is 0 Å². The van der Waals surface area contributed by atoms with Gasteiger partial charge in [0.15, 0.2) is 0 Å². The van der Waals surface area contributed by atoms with Gasteiger partial charge in [-0.2, -0.15) is 5.10 Å². The van der Waals surface area contributed by atoms with Crippen molar-refractivity contribution in [2.45, 2.75) is 11.4 Å². The van der Waals surface area contributed by atoms with Crippen LogP contribution in [0.3, 0.4) is 0 Å². The zero-order valence-corrected chi connectivity index (χ0v) is 13.0. The van der Waals surface area contributed by atoms with Crippen LogP contribution in [-0.2, 0) is 17.3 Å². The van der Waals surface area contributed by atoms with Gasteiger partial charge < -0.3 is 5.32 Å². The lowest BCUT2D eigenvalue weighted by Gasteiger charge is -2.08. The van der Waals surface area contributed by atoms with E-state index < -0.39 is 10.8 Å². The fourth-order valence-electron chi connectivity index (χ4n) is 2.08. The van der Waals surface area contributed by atoms with Crippen molar-refractivity contribution >= 4 is 16.5 Å². The van der Waals surface area contributed by atoms with Crippen LogP contribution in [0.4, 0.5) is 5.69 Å². The third-order valence-corrected chi connectivity index (χ3v) is 4.24. The van der Waals surface area contributed by atoms with Gasteiger partial charge in [-0.1, -0.05) is 12.1 Å². The Hall–Kier alpha value is -2.47. The number of aromatic nitrogens is 3. The summed E-state index contributed by atoms with van der Waals surface area (Å²) in [6.45, 7) is 0.722. The molecule has 1 atom stereocenters. The summed E-state index contributed by atoms with van der Waals surface area (Å²) < 4.78 is 13.1. The molecule has 0 saturated carbocycles. The van der Waals surface area contributed by atoms with Gasteiger partial charge in [0.25, 0.3) is 0 Å². The van der Waals surface area contributed by atoms with E-state index in [2.05, 4.69) is 15.4 Å². The molecular formula is C16H16N4OS. The van der Waals surface area contributed by atoms with Gasteiger partial charge in [0.1, 0.15) is 12.7 Å². The van der Waals surface area contributed by atoms with E-state index in [1.54, 1.807) is 17.3 Å². The molecule has 0 bridgehead atoms. The summed E-state index contributed by atoms with van der Waals surface area (Å²) in [6, 6.07) is 15.8. The molecule has 0 spiro atoms. The lowest BCUT2D eigenvalue weighted by molar-refractivity contribution is 0.687. The Morgan fingerprint density at radius 3 is 2.41 bits per heavy atom. The summed E-state index contributed by atoms with van der Waals surface area (Å²) >= 11 is 0. The lowest BCUT2D eigenvalue weighted by atomic mass is 10.2. The predicted molar refractivity (Wildman–Crippen MR) is 87.5 cm³/mol. The molecule has 0 aliphatic rings. The minimum atomic E-state index is -0.928. The number of hydrogen-bond acceptors (Lipinski definition) is 4. The van der Waals surface area contributed by atoms with Gasteiger partial charge in [-0.3, -0.25) is 4.21 Å². The van der Waals surface area contributed by atoms with Crippen molar-refractivity contribution in [3.8, 4) is 5.69 Å².